The molecule has 0 amide bonds. The number of nitrogens with one attached hydrogen (secondary N) is 1. The molecule has 4 nitrogen and oxygen atoms in total. The number of aromatic nitrogens is 4. The van der Waals surface area contributed by atoms with E-state index in [0.29, 0.717) is 5.82 Å². The zero-order valence-corrected chi connectivity index (χ0v) is 8.39. The van der Waals surface area contributed by atoms with Gasteiger partial charge in [0.1, 0.15) is 0 Å². The molecule has 6 heteroatoms. The van der Waals surface area contributed by atoms with E-state index in [0.717, 1.165) is 10.2 Å². The molecule has 0 bridgehead atoms. The molecule has 0 aliphatic carbocycles. The van der Waals surface area contributed by atoms with E-state index in [4.69, 9.17) is 0 Å². The minimum Gasteiger partial charge on any atom is -0.177 e. The maximum absolute atomic E-state index is 3.88. The van der Waals surface area contributed by atoms with E-state index in [1.54, 1.807) is 11.3 Å². The van der Waals surface area contributed by atoms with Gasteiger partial charge in [0.25, 0.3) is 0 Å². The third kappa shape index (κ3) is 1.39. The number of H-pyrrole nitrogens is 1. The van der Waals surface area contributed by atoms with E-state index >= 15 is 0 Å². The van der Waals surface area contributed by atoms with Crippen LogP contribution < -0.4 is 0 Å². The highest BCUT2D eigenvalue weighted by Gasteiger charge is 2.05. The van der Waals surface area contributed by atoms with Gasteiger partial charge in [0, 0.05) is 10.2 Å². The number of rotatable bonds is 2. The van der Waals surface area contributed by atoms with Crippen molar-refractivity contribution < 1.29 is 0 Å². The van der Waals surface area contributed by atoms with Gasteiger partial charge in [-0.05, 0) is 17.3 Å². The van der Waals surface area contributed by atoms with Crippen LogP contribution in [-0.2, 0) is 5.33 Å². The first-order chi connectivity index (χ1) is 5.90. The first-order valence-electron chi connectivity index (χ1n) is 3.28. The summed E-state index contributed by atoms with van der Waals surface area (Å²) in [5.41, 5.74) is 0. The number of nitrogens with zero attached hydrogens (tertiary/aromatic N) is 3. The number of aromatic amines is 1. The minimum absolute atomic E-state index is 0.659. The summed E-state index contributed by atoms with van der Waals surface area (Å²) in [6.07, 6.45) is 0. The second-order valence-corrected chi connectivity index (χ2v) is 3.86. The molecule has 12 heavy (non-hydrogen) atoms. The smallest absolute Gasteiger partial charge is 0.177 e. The molecule has 0 aromatic carbocycles. The van der Waals surface area contributed by atoms with Crippen molar-refractivity contribution >= 4 is 27.3 Å². The quantitative estimate of drug-likeness (QED) is 0.821. The Kier molecular flexibility index (Phi) is 2.18. The summed E-state index contributed by atoms with van der Waals surface area (Å²) in [5.74, 6) is 0.659. The van der Waals surface area contributed by atoms with Gasteiger partial charge in [0.05, 0.1) is 4.88 Å². The average Bonchev–Trinajstić information content (AvgIpc) is 2.75. The van der Waals surface area contributed by atoms with Crippen LogP contribution >= 0.6 is 27.3 Å². The van der Waals surface area contributed by atoms with Gasteiger partial charge in [-0.2, -0.15) is 5.21 Å². The van der Waals surface area contributed by atoms with Crippen molar-refractivity contribution in [1.29, 1.82) is 0 Å². The van der Waals surface area contributed by atoms with Crippen LogP contribution in [0.15, 0.2) is 12.1 Å². The second-order valence-electron chi connectivity index (χ2n) is 2.13. The molecular weight excluding hydrogens is 240 g/mol. The van der Waals surface area contributed by atoms with E-state index in [1.807, 2.05) is 12.1 Å². The van der Waals surface area contributed by atoms with Crippen LogP contribution in [0.2, 0.25) is 0 Å². The lowest BCUT2D eigenvalue weighted by molar-refractivity contribution is 0.881. The van der Waals surface area contributed by atoms with E-state index in [-0.39, 0.29) is 0 Å². The van der Waals surface area contributed by atoms with Gasteiger partial charge in [-0.1, -0.05) is 15.9 Å². The highest BCUT2D eigenvalue weighted by atomic mass is 79.9. The van der Waals surface area contributed by atoms with Crippen molar-refractivity contribution in [1.82, 2.24) is 20.6 Å². The number of alkyl halides is 1. The number of thiophene rings is 1. The molecular formula is C6H5BrN4S. The Morgan fingerprint density at radius 3 is 3.00 bits per heavy atom. The zero-order chi connectivity index (χ0) is 8.39. The van der Waals surface area contributed by atoms with Crippen molar-refractivity contribution in [3.8, 4) is 10.7 Å². The van der Waals surface area contributed by atoms with Crippen LogP contribution in [0.5, 0.6) is 0 Å². The highest BCUT2D eigenvalue weighted by molar-refractivity contribution is 9.08. The summed E-state index contributed by atoms with van der Waals surface area (Å²) in [5, 5.41) is 14.5. The molecule has 2 aromatic heterocycles. The van der Waals surface area contributed by atoms with E-state index in [1.165, 1.54) is 4.88 Å². The summed E-state index contributed by atoms with van der Waals surface area (Å²) in [6.45, 7) is 0. The Morgan fingerprint density at radius 1 is 1.50 bits per heavy atom. The van der Waals surface area contributed by atoms with Crippen LogP contribution in [-0.4, -0.2) is 20.6 Å². The predicted octanol–water partition coefficient (Wildman–Crippen LogP) is 1.82. The third-order valence-corrected chi connectivity index (χ3v) is 3.42. The van der Waals surface area contributed by atoms with Crippen LogP contribution in [0.3, 0.4) is 0 Å². The molecule has 0 fully saturated rings. The van der Waals surface area contributed by atoms with Crippen molar-refractivity contribution in [3.05, 3.63) is 17.0 Å². The maximum atomic E-state index is 3.88. The van der Waals surface area contributed by atoms with Crippen LogP contribution in [0.1, 0.15) is 4.88 Å². The van der Waals surface area contributed by atoms with Crippen molar-refractivity contribution in [2.45, 2.75) is 5.33 Å². The number of tetrazole rings is 1. The van der Waals surface area contributed by atoms with Crippen molar-refractivity contribution in [2.75, 3.05) is 0 Å². The third-order valence-electron chi connectivity index (χ3n) is 1.36. The molecule has 0 unspecified atom stereocenters. The van der Waals surface area contributed by atoms with Gasteiger partial charge in [0.15, 0.2) is 0 Å². The molecule has 0 radical (unpaired) electrons. The van der Waals surface area contributed by atoms with Crippen LogP contribution in [0.25, 0.3) is 10.7 Å². The monoisotopic (exact) mass is 244 g/mol. The van der Waals surface area contributed by atoms with Gasteiger partial charge >= 0.3 is 0 Å². The standard InChI is InChI=1S/C6H5BrN4S/c7-3-4-1-2-5(12-4)6-8-10-11-9-6/h1-2H,3H2,(H,8,9,10,11). The fourth-order valence-corrected chi connectivity index (χ4v) is 2.15. The van der Waals surface area contributed by atoms with E-state index in [9.17, 15) is 0 Å². The molecule has 2 heterocycles. The molecule has 0 spiro atoms. The van der Waals surface area contributed by atoms with Gasteiger partial charge in [-0.15, -0.1) is 21.5 Å². The summed E-state index contributed by atoms with van der Waals surface area (Å²) >= 11 is 5.04. The number of hydrogen-bond donors (Lipinski definition) is 1. The van der Waals surface area contributed by atoms with Gasteiger partial charge < -0.3 is 0 Å². The SMILES string of the molecule is BrCc1ccc(-c2nn[nH]n2)s1. The fourth-order valence-electron chi connectivity index (χ4n) is 0.836. The van der Waals surface area contributed by atoms with Crippen LogP contribution in [0, 0.1) is 0 Å². The predicted molar refractivity (Wildman–Crippen MR) is 50.1 cm³/mol. The summed E-state index contributed by atoms with van der Waals surface area (Å²) < 4.78 is 0. The first kappa shape index (κ1) is 7.88. The Labute approximate surface area is 81.1 Å². The van der Waals surface area contributed by atoms with Gasteiger partial charge in [0.2, 0.25) is 5.82 Å². The van der Waals surface area contributed by atoms with E-state index < -0.39 is 0 Å². The molecule has 0 saturated carbocycles. The lowest BCUT2D eigenvalue weighted by atomic mass is 10.4. The molecule has 0 aliphatic heterocycles. The molecule has 2 rings (SSSR count). The largest absolute Gasteiger partial charge is 0.214 e. The molecule has 2 aromatic rings. The Hall–Kier alpha value is -0.750. The van der Waals surface area contributed by atoms with E-state index in [2.05, 4.69) is 36.6 Å². The van der Waals surface area contributed by atoms with Crippen LogP contribution in [0.4, 0.5) is 0 Å². The van der Waals surface area contributed by atoms with Crippen molar-refractivity contribution in [2.24, 2.45) is 0 Å². The second kappa shape index (κ2) is 3.32. The summed E-state index contributed by atoms with van der Waals surface area (Å²) in [6, 6.07) is 4.04. The first-order valence-corrected chi connectivity index (χ1v) is 5.22. The van der Waals surface area contributed by atoms with Gasteiger partial charge in [-0.25, -0.2) is 0 Å². The van der Waals surface area contributed by atoms with Crippen molar-refractivity contribution in [3.63, 3.8) is 0 Å². The molecule has 0 atom stereocenters. The maximum Gasteiger partial charge on any atom is 0.214 e. The lowest BCUT2D eigenvalue weighted by Crippen LogP contribution is -1.73. The number of halogens is 1. The Bertz CT molecular complexity index is 355. The molecule has 62 valence electrons. The summed E-state index contributed by atoms with van der Waals surface area (Å²) in [7, 11) is 0. The number of hydrogen-bond acceptors (Lipinski definition) is 4. The normalized spacial score (nSPS) is 10.4. The zero-order valence-electron chi connectivity index (χ0n) is 5.99. The minimum atomic E-state index is 0.659. The summed E-state index contributed by atoms with van der Waals surface area (Å²) in [4.78, 5) is 2.30. The average molecular weight is 245 g/mol. The van der Waals surface area contributed by atoms with Gasteiger partial charge in [-0.3, -0.25) is 0 Å². The fraction of sp³-hybridized carbons (Fsp3) is 0.167. The Balaban J connectivity index is 2.35. The molecule has 1 N–H and O–H groups in total. The highest BCUT2D eigenvalue weighted by Crippen LogP contribution is 2.25. The topological polar surface area (TPSA) is 54.5 Å². The molecule has 0 aliphatic rings. The Morgan fingerprint density at radius 2 is 2.42 bits per heavy atom. The molecule has 0 saturated heterocycles. The lowest BCUT2D eigenvalue weighted by Gasteiger charge is -1.83.